The molecule has 0 bridgehead atoms. The van der Waals surface area contributed by atoms with E-state index >= 15 is 0 Å². The maximum Gasteiger partial charge on any atom is 0.242 e. The number of carbonyl (C=O) groups is 1. The maximum atomic E-state index is 11.8. The van der Waals surface area contributed by atoms with Gasteiger partial charge >= 0.3 is 0 Å². The minimum atomic E-state index is -0.417. The third-order valence-corrected chi connectivity index (χ3v) is 3.31. The third-order valence-electron chi connectivity index (χ3n) is 3.31. The van der Waals surface area contributed by atoms with Crippen LogP contribution in [-0.4, -0.2) is 16.9 Å². The van der Waals surface area contributed by atoms with Crippen LogP contribution >= 0.6 is 12.4 Å². The molecular formula is C13H20ClN3O. The fourth-order valence-electron chi connectivity index (χ4n) is 2.37. The highest BCUT2D eigenvalue weighted by atomic mass is 35.5. The molecule has 4 nitrogen and oxygen atoms in total. The summed E-state index contributed by atoms with van der Waals surface area (Å²) < 4.78 is 0. The summed E-state index contributed by atoms with van der Waals surface area (Å²) >= 11 is 0. The Morgan fingerprint density at radius 3 is 2.78 bits per heavy atom. The van der Waals surface area contributed by atoms with E-state index in [4.69, 9.17) is 5.73 Å². The summed E-state index contributed by atoms with van der Waals surface area (Å²) in [5.41, 5.74) is 5.91. The quantitative estimate of drug-likeness (QED) is 0.882. The largest absolute Gasteiger partial charge is 0.320 e. The van der Waals surface area contributed by atoms with E-state index in [1.165, 1.54) is 25.7 Å². The highest BCUT2D eigenvalue weighted by Gasteiger charge is 2.22. The van der Waals surface area contributed by atoms with E-state index in [1.807, 2.05) is 12.1 Å². The van der Waals surface area contributed by atoms with Gasteiger partial charge in [-0.05, 0) is 24.5 Å². The Morgan fingerprint density at radius 1 is 1.44 bits per heavy atom. The van der Waals surface area contributed by atoms with Gasteiger partial charge in [0.1, 0.15) is 5.82 Å². The summed E-state index contributed by atoms with van der Waals surface area (Å²) in [5, 5.41) is 2.74. The van der Waals surface area contributed by atoms with Crippen LogP contribution in [0.5, 0.6) is 0 Å². The number of pyridine rings is 1. The van der Waals surface area contributed by atoms with Crippen LogP contribution in [0.1, 0.15) is 32.1 Å². The molecule has 1 aliphatic carbocycles. The summed E-state index contributed by atoms with van der Waals surface area (Å²) in [5.74, 6) is 1.06. The lowest BCUT2D eigenvalue weighted by atomic mass is 9.98. The number of aromatic nitrogens is 1. The van der Waals surface area contributed by atoms with E-state index in [0.717, 1.165) is 6.42 Å². The lowest BCUT2D eigenvalue weighted by Crippen LogP contribution is -2.37. The van der Waals surface area contributed by atoms with Crippen LogP contribution in [0.2, 0.25) is 0 Å². The number of amides is 1. The SMILES string of the molecule is Cl.N[C@@H](CC1CCCC1)C(=O)Nc1ccccn1. The number of hydrogen-bond acceptors (Lipinski definition) is 3. The van der Waals surface area contributed by atoms with Gasteiger partial charge in [0.25, 0.3) is 0 Å². The first kappa shape index (κ1) is 14.9. The van der Waals surface area contributed by atoms with Gasteiger partial charge in [0.05, 0.1) is 6.04 Å². The Balaban J connectivity index is 0.00000162. The summed E-state index contributed by atoms with van der Waals surface area (Å²) in [7, 11) is 0. The second-order valence-electron chi connectivity index (χ2n) is 4.70. The van der Waals surface area contributed by atoms with E-state index in [-0.39, 0.29) is 18.3 Å². The molecule has 1 atom stereocenters. The van der Waals surface area contributed by atoms with Gasteiger partial charge in [-0.25, -0.2) is 4.98 Å². The molecule has 3 N–H and O–H groups in total. The van der Waals surface area contributed by atoms with Crippen molar-refractivity contribution in [3.05, 3.63) is 24.4 Å². The number of halogens is 1. The highest BCUT2D eigenvalue weighted by molar-refractivity contribution is 5.93. The van der Waals surface area contributed by atoms with E-state index in [0.29, 0.717) is 11.7 Å². The Morgan fingerprint density at radius 2 is 2.17 bits per heavy atom. The van der Waals surface area contributed by atoms with Gasteiger partial charge in [-0.15, -0.1) is 12.4 Å². The smallest absolute Gasteiger partial charge is 0.242 e. The molecule has 1 aromatic rings. The van der Waals surface area contributed by atoms with Crippen LogP contribution in [0.15, 0.2) is 24.4 Å². The molecule has 18 heavy (non-hydrogen) atoms. The average Bonchev–Trinajstić information content (AvgIpc) is 2.83. The lowest BCUT2D eigenvalue weighted by molar-refractivity contribution is -0.117. The van der Waals surface area contributed by atoms with Gasteiger partial charge in [-0.1, -0.05) is 31.7 Å². The zero-order chi connectivity index (χ0) is 12.1. The molecule has 0 radical (unpaired) electrons. The van der Waals surface area contributed by atoms with Crippen molar-refractivity contribution in [1.29, 1.82) is 0 Å². The number of rotatable bonds is 4. The monoisotopic (exact) mass is 269 g/mol. The van der Waals surface area contributed by atoms with Crippen LogP contribution in [-0.2, 0) is 4.79 Å². The zero-order valence-electron chi connectivity index (χ0n) is 10.3. The molecule has 0 unspecified atom stereocenters. The third kappa shape index (κ3) is 4.27. The second-order valence-corrected chi connectivity index (χ2v) is 4.70. The Labute approximate surface area is 114 Å². The predicted octanol–water partition coefficient (Wildman–Crippen LogP) is 2.35. The predicted molar refractivity (Wildman–Crippen MR) is 74.7 cm³/mol. The normalized spacial score (nSPS) is 16.9. The molecule has 0 aromatic carbocycles. The Hall–Kier alpha value is -1.13. The van der Waals surface area contributed by atoms with Crippen molar-refractivity contribution >= 4 is 24.1 Å². The second kappa shape index (κ2) is 7.34. The molecule has 1 saturated carbocycles. The van der Waals surface area contributed by atoms with Crippen molar-refractivity contribution in [2.45, 2.75) is 38.1 Å². The van der Waals surface area contributed by atoms with Crippen LogP contribution in [0.3, 0.4) is 0 Å². The molecule has 0 aliphatic heterocycles. The molecule has 1 heterocycles. The molecule has 1 amide bonds. The molecule has 100 valence electrons. The fraction of sp³-hybridized carbons (Fsp3) is 0.538. The molecule has 1 aliphatic rings. The van der Waals surface area contributed by atoms with Crippen LogP contribution in [0.25, 0.3) is 0 Å². The first-order valence-electron chi connectivity index (χ1n) is 6.23. The number of carbonyl (C=O) groups excluding carboxylic acids is 1. The first-order chi connectivity index (χ1) is 8.25. The summed E-state index contributed by atoms with van der Waals surface area (Å²) in [6, 6.07) is 5.00. The Kier molecular flexibility index (Phi) is 6.09. The van der Waals surface area contributed by atoms with Crippen molar-refractivity contribution in [1.82, 2.24) is 4.98 Å². The number of nitrogens with one attached hydrogen (secondary N) is 1. The van der Waals surface area contributed by atoms with E-state index < -0.39 is 6.04 Å². The van der Waals surface area contributed by atoms with E-state index in [1.54, 1.807) is 12.3 Å². The number of anilines is 1. The van der Waals surface area contributed by atoms with Crippen molar-refractivity contribution in [3.63, 3.8) is 0 Å². The van der Waals surface area contributed by atoms with Gasteiger partial charge in [-0.3, -0.25) is 4.79 Å². The minimum Gasteiger partial charge on any atom is -0.320 e. The van der Waals surface area contributed by atoms with Gasteiger partial charge in [0.15, 0.2) is 0 Å². The van der Waals surface area contributed by atoms with Gasteiger partial charge in [-0.2, -0.15) is 0 Å². The summed E-state index contributed by atoms with van der Waals surface area (Å²) in [6.07, 6.45) is 7.42. The molecule has 0 saturated heterocycles. The number of hydrogen-bond donors (Lipinski definition) is 2. The maximum absolute atomic E-state index is 11.8. The molecule has 2 rings (SSSR count). The first-order valence-corrected chi connectivity index (χ1v) is 6.23. The number of nitrogens with two attached hydrogens (primary N) is 1. The van der Waals surface area contributed by atoms with Crippen LogP contribution in [0, 0.1) is 5.92 Å². The van der Waals surface area contributed by atoms with Crippen LogP contribution in [0.4, 0.5) is 5.82 Å². The van der Waals surface area contributed by atoms with Crippen LogP contribution < -0.4 is 11.1 Å². The van der Waals surface area contributed by atoms with E-state index in [9.17, 15) is 4.79 Å². The molecule has 0 spiro atoms. The molecule has 1 fully saturated rings. The topological polar surface area (TPSA) is 68.0 Å². The highest BCUT2D eigenvalue weighted by Crippen LogP contribution is 2.28. The lowest BCUT2D eigenvalue weighted by Gasteiger charge is -2.15. The fourth-order valence-corrected chi connectivity index (χ4v) is 2.37. The molecule has 1 aromatic heterocycles. The average molecular weight is 270 g/mol. The molecule has 5 heteroatoms. The van der Waals surface area contributed by atoms with E-state index in [2.05, 4.69) is 10.3 Å². The van der Waals surface area contributed by atoms with Gasteiger partial charge in [0.2, 0.25) is 5.91 Å². The van der Waals surface area contributed by atoms with Gasteiger partial charge in [0, 0.05) is 6.20 Å². The number of nitrogens with zero attached hydrogens (tertiary/aromatic N) is 1. The molecular weight excluding hydrogens is 250 g/mol. The summed E-state index contributed by atoms with van der Waals surface area (Å²) in [6.45, 7) is 0. The zero-order valence-corrected chi connectivity index (χ0v) is 11.2. The van der Waals surface area contributed by atoms with Crippen molar-refractivity contribution in [2.75, 3.05) is 5.32 Å². The van der Waals surface area contributed by atoms with Crippen molar-refractivity contribution in [3.8, 4) is 0 Å². The van der Waals surface area contributed by atoms with Crippen molar-refractivity contribution < 1.29 is 4.79 Å². The van der Waals surface area contributed by atoms with Crippen molar-refractivity contribution in [2.24, 2.45) is 11.7 Å². The van der Waals surface area contributed by atoms with Gasteiger partial charge < -0.3 is 11.1 Å². The summed E-state index contributed by atoms with van der Waals surface area (Å²) in [4.78, 5) is 15.9. The minimum absolute atomic E-state index is 0. The standard InChI is InChI=1S/C13H19N3O.ClH/c14-11(9-10-5-1-2-6-10)13(17)16-12-7-3-4-8-15-12;/h3-4,7-8,10-11H,1-2,5-6,9,14H2,(H,15,16,17);1H/t11-;/m0./s1. The Bertz CT molecular complexity index is 366.